The Kier molecular flexibility index (Phi) is 4.03. The highest BCUT2D eigenvalue weighted by Gasteiger charge is 2.19. The molecule has 2 atom stereocenters. The van der Waals surface area contributed by atoms with E-state index < -0.39 is 0 Å². The largest absolute Gasteiger partial charge is 0.492 e. The Morgan fingerprint density at radius 1 is 1.35 bits per heavy atom. The smallest absolute Gasteiger partial charge is 0.137 e. The van der Waals surface area contributed by atoms with Gasteiger partial charge in [0, 0.05) is 0 Å². The second-order valence-electron chi connectivity index (χ2n) is 5.06. The third-order valence-electron chi connectivity index (χ3n) is 3.53. The normalized spacial score (nSPS) is 24.0. The van der Waals surface area contributed by atoms with E-state index in [4.69, 9.17) is 10.00 Å². The van der Waals surface area contributed by atoms with Gasteiger partial charge in [0.05, 0.1) is 12.2 Å². The molecule has 0 spiro atoms. The van der Waals surface area contributed by atoms with Crippen molar-refractivity contribution in [3.05, 3.63) is 29.8 Å². The van der Waals surface area contributed by atoms with Crippen LogP contribution in [0.3, 0.4) is 0 Å². The molecule has 1 aromatic carbocycles. The number of benzene rings is 1. The highest BCUT2D eigenvalue weighted by Crippen LogP contribution is 2.29. The Morgan fingerprint density at radius 3 is 2.94 bits per heavy atom. The molecule has 0 amide bonds. The van der Waals surface area contributed by atoms with Gasteiger partial charge in [-0.3, -0.25) is 0 Å². The van der Waals surface area contributed by atoms with Gasteiger partial charge >= 0.3 is 0 Å². The summed E-state index contributed by atoms with van der Waals surface area (Å²) in [4.78, 5) is 0. The van der Waals surface area contributed by atoms with Gasteiger partial charge in [0.15, 0.2) is 0 Å². The van der Waals surface area contributed by atoms with Gasteiger partial charge in [-0.15, -0.1) is 0 Å². The lowest BCUT2D eigenvalue weighted by atomic mass is 9.83. The first-order valence-electron chi connectivity index (χ1n) is 6.41. The Labute approximate surface area is 103 Å². The zero-order chi connectivity index (χ0) is 12.1. The summed E-state index contributed by atoms with van der Waals surface area (Å²) < 4.78 is 5.79. The van der Waals surface area contributed by atoms with Crippen molar-refractivity contribution < 1.29 is 4.74 Å². The third-order valence-corrected chi connectivity index (χ3v) is 3.53. The maximum atomic E-state index is 8.97. The van der Waals surface area contributed by atoms with Crippen molar-refractivity contribution in [2.45, 2.75) is 32.6 Å². The summed E-state index contributed by atoms with van der Waals surface area (Å²) in [5.41, 5.74) is 0.636. The van der Waals surface area contributed by atoms with Gasteiger partial charge < -0.3 is 4.74 Å². The minimum Gasteiger partial charge on any atom is -0.492 e. The van der Waals surface area contributed by atoms with E-state index in [0.29, 0.717) is 11.5 Å². The first-order valence-corrected chi connectivity index (χ1v) is 6.41. The number of hydrogen-bond donors (Lipinski definition) is 0. The summed E-state index contributed by atoms with van der Waals surface area (Å²) in [6.07, 6.45) is 5.19. The van der Waals surface area contributed by atoms with Crippen LogP contribution in [-0.4, -0.2) is 6.61 Å². The highest BCUT2D eigenvalue weighted by atomic mass is 16.5. The molecule has 0 aromatic heterocycles. The molecule has 2 unspecified atom stereocenters. The van der Waals surface area contributed by atoms with Crippen molar-refractivity contribution in [2.24, 2.45) is 11.8 Å². The molecule has 2 rings (SSSR count). The summed E-state index contributed by atoms with van der Waals surface area (Å²) >= 11 is 0. The summed E-state index contributed by atoms with van der Waals surface area (Å²) in [5.74, 6) is 2.21. The maximum Gasteiger partial charge on any atom is 0.137 e. The monoisotopic (exact) mass is 229 g/mol. The summed E-state index contributed by atoms with van der Waals surface area (Å²) in [6.45, 7) is 3.07. The van der Waals surface area contributed by atoms with E-state index in [2.05, 4.69) is 13.0 Å². The molecule has 0 N–H and O–H groups in total. The van der Waals surface area contributed by atoms with Gasteiger partial charge in [-0.25, -0.2) is 0 Å². The molecule has 2 heteroatoms. The van der Waals surface area contributed by atoms with E-state index in [1.54, 1.807) is 6.07 Å². The van der Waals surface area contributed by atoms with Crippen LogP contribution in [-0.2, 0) is 0 Å². The van der Waals surface area contributed by atoms with Crippen molar-refractivity contribution in [3.63, 3.8) is 0 Å². The number of rotatable bonds is 3. The average molecular weight is 229 g/mol. The molecule has 90 valence electrons. The van der Waals surface area contributed by atoms with E-state index in [-0.39, 0.29) is 0 Å². The summed E-state index contributed by atoms with van der Waals surface area (Å²) in [6, 6.07) is 9.64. The standard InChI is InChI=1S/C15H19NO/c1-12-5-4-6-13(9-12)11-17-15-8-3-2-7-14(15)10-16/h2-3,7-8,12-13H,4-6,9,11H2,1H3. The van der Waals surface area contributed by atoms with E-state index in [9.17, 15) is 0 Å². The molecule has 17 heavy (non-hydrogen) atoms. The predicted octanol–water partition coefficient (Wildman–Crippen LogP) is 3.76. The molecule has 1 aliphatic rings. The molecule has 1 aromatic rings. The van der Waals surface area contributed by atoms with E-state index >= 15 is 0 Å². The second-order valence-corrected chi connectivity index (χ2v) is 5.06. The number of ether oxygens (including phenoxy) is 1. The Balaban J connectivity index is 1.91. The average Bonchev–Trinajstić information content (AvgIpc) is 2.37. The molecule has 1 saturated carbocycles. The van der Waals surface area contributed by atoms with Crippen LogP contribution in [0.5, 0.6) is 5.75 Å². The van der Waals surface area contributed by atoms with Gasteiger partial charge in [0.2, 0.25) is 0 Å². The molecule has 0 saturated heterocycles. The first kappa shape index (κ1) is 12.0. The van der Waals surface area contributed by atoms with Crippen molar-refractivity contribution in [1.82, 2.24) is 0 Å². The summed E-state index contributed by atoms with van der Waals surface area (Å²) in [5, 5.41) is 8.97. The van der Waals surface area contributed by atoms with Crippen LogP contribution in [0.1, 0.15) is 38.2 Å². The van der Waals surface area contributed by atoms with Crippen molar-refractivity contribution in [3.8, 4) is 11.8 Å². The lowest BCUT2D eigenvalue weighted by molar-refractivity contribution is 0.182. The van der Waals surface area contributed by atoms with Crippen LogP contribution >= 0.6 is 0 Å². The highest BCUT2D eigenvalue weighted by molar-refractivity contribution is 5.42. The van der Waals surface area contributed by atoms with Crippen molar-refractivity contribution in [1.29, 1.82) is 5.26 Å². The Morgan fingerprint density at radius 2 is 2.18 bits per heavy atom. The first-order chi connectivity index (χ1) is 8.29. The van der Waals surface area contributed by atoms with Crippen LogP contribution in [0, 0.1) is 23.2 Å². The number of para-hydroxylation sites is 1. The molecule has 1 fully saturated rings. The van der Waals surface area contributed by atoms with E-state index in [0.717, 1.165) is 18.3 Å². The second kappa shape index (κ2) is 5.72. The lowest BCUT2D eigenvalue weighted by Crippen LogP contribution is -2.19. The Hall–Kier alpha value is -1.49. The number of nitriles is 1. The number of hydrogen-bond acceptors (Lipinski definition) is 2. The van der Waals surface area contributed by atoms with Crippen LogP contribution in [0.15, 0.2) is 24.3 Å². The molecular weight excluding hydrogens is 210 g/mol. The SMILES string of the molecule is CC1CCCC(COc2ccccc2C#N)C1. The predicted molar refractivity (Wildman–Crippen MR) is 67.8 cm³/mol. The minimum absolute atomic E-state index is 0.636. The lowest BCUT2D eigenvalue weighted by Gasteiger charge is -2.26. The fourth-order valence-electron chi connectivity index (χ4n) is 2.60. The fraction of sp³-hybridized carbons (Fsp3) is 0.533. The molecule has 0 radical (unpaired) electrons. The zero-order valence-corrected chi connectivity index (χ0v) is 10.4. The molecule has 2 nitrogen and oxygen atoms in total. The van der Waals surface area contributed by atoms with E-state index in [1.165, 1.54) is 25.7 Å². The molecule has 0 bridgehead atoms. The van der Waals surface area contributed by atoms with Crippen molar-refractivity contribution in [2.75, 3.05) is 6.61 Å². The van der Waals surface area contributed by atoms with Crippen LogP contribution < -0.4 is 4.74 Å². The number of nitrogens with zero attached hydrogens (tertiary/aromatic N) is 1. The van der Waals surface area contributed by atoms with Crippen LogP contribution in [0.25, 0.3) is 0 Å². The topological polar surface area (TPSA) is 33.0 Å². The molecule has 0 aliphatic heterocycles. The quantitative estimate of drug-likeness (QED) is 0.790. The molecule has 1 aliphatic carbocycles. The zero-order valence-electron chi connectivity index (χ0n) is 10.4. The third kappa shape index (κ3) is 3.23. The molecule has 0 heterocycles. The van der Waals surface area contributed by atoms with Crippen molar-refractivity contribution >= 4 is 0 Å². The van der Waals surface area contributed by atoms with Crippen LogP contribution in [0.2, 0.25) is 0 Å². The van der Waals surface area contributed by atoms with Crippen LogP contribution in [0.4, 0.5) is 0 Å². The van der Waals surface area contributed by atoms with Gasteiger partial charge in [-0.1, -0.05) is 31.9 Å². The minimum atomic E-state index is 0.636. The van der Waals surface area contributed by atoms with E-state index in [1.807, 2.05) is 18.2 Å². The van der Waals surface area contributed by atoms with Gasteiger partial charge in [-0.05, 0) is 36.8 Å². The van der Waals surface area contributed by atoms with Gasteiger partial charge in [-0.2, -0.15) is 5.26 Å². The molecular formula is C15H19NO. The van der Waals surface area contributed by atoms with Gasteiger partial charge in [0.1, 0.15) is 11.8 Å². The van der Waals surface area contributed by atoms with Gasteiger partial charge in [0.25, 0.3) is 0 Å². The fourth-order valence-corrected chi connectivity index (χ4v) is 2.60. The Bertz CT molecular complexity index is 408. The summed E-state index contributed by atoms with van der Waals surface area (Å²) in [7, 11) is 0. The maximum absolute atomic E-state index is 8.97.